The predicted molar refractivity (Wildman–Crippen MR) is 105 cm³/mol. The fraction of sp³-hybridized carbons (Fsp3) is 0.333. The van der Waals surface area contributed by atoms with Gasteiger partial charge in [-0.05, 0) is 43.1 Å². The molecule has 0 N–H and O–H groups in total. The van der Waals surface area contributed by atoms with Crippen molar-refractivity contribution >= 4 is 11.6 Å². The third-order valence-corrected chi connectivity index (χ3v) is 5.28. The van der Waals surface area contributed by atoms with Gasteiger partial charge in [-0.25, -0.2) is 0 Å². The summed E-state index contributed by atoms with van der Waals surface area (Å²) in [5, 5.41) is 5.04. The zero-order valence-corrected chi connectivity index (χ0v) is 15.7. The highest BCUT2D eigenvalue weighted by atomic mass is 35.5. The summed E-state index contributed by atoms with van der Waals surface area (Å²) in [4.78, 5) is 7.26. The average molecular weight is 367 g/mol. The number of hydrogen-bond acceptors (Lipinski definition) is 3. The van der Waals surface area contributed by atoms with Gasteiger partial charge in [-0.2, -0.15) is 5.10 Å². The maximum absolute atomic E-state index is 6.10. The van der Waals surface area contributed by atoms with Crippen LogP contribution in [-0.2, 0) is 13.6 Å². The molecule has 5 heteroatoms. The molecular formula is C21H23ClN4. The van der Waals surface area contributed by atoms with Crippen LogP contribution < -0.4 is 0 Å². The maximum atomic E-state index is 6.10. The Kier molecular flexibility index (Phi) is 5.05. The molecule has 0 spiro atoms. The van der Waals surface area contributed by atoms with E-state index in [4.69, 9.17) is 16.6 Å². The van der Waals surface area contributed by atoms with Gasteiger partial charge >= 0.3 is 0 Å². The molecule has 0 saturated carbocycles. The van der Waals surface area contributed by atoms with Gasteiger partial charge in [0.15, 0.2) is 0 Å². The number of benzene rings is 1. The lowest BCUT2D eigenvalue weighted by Gasteiger charge is -2.35. The first kappa shape index (κ1) is 17.3. The second kappa shape index (κ2) is 7.60. The standard InChI is InChI=1S/C21H23ClN4/c1-25-14-16(12-24-25)15-26-10-3-2-7-21(26)18-8-9-20(23-13-18)17-5-4-6-19(22)11-17/h4-6,8-9,11-14,21H,2-3,7,10,15H2,1H3/t21-/m1/s1. The molecule has 0 bridgehead atoms. The van der Waals surface area contributed by atoms with Gasteiger partial charge in [0.05, 0.1) is 11.9 Å². The molecule has 26 heavy (non-hydrogen) atoms. The van der Waals surface area contributed by atoms with Gasteiger partial charge in [-0.1, -0.05) is 36.2 Å². The van der Waals surface area contributed by atoms with Crippen molar-refractivity contribution in [3.05, 3.63) is 71.1 Å². The Morgan fingerprint density at radius 3 is 2.81 bits per heavy atom. The first-order chi connectivity index (χ1) is 12.7. The Hall–Kier alpha value is -2.17. The third-order valence-electron chi connectivity index (χ3n) is 5.05. The molecule has 0 radical (unpaired) electrons. The van der Waals surface area contributed by atoms with E-state index in [9.17, 15) is 0 Å². The molecule has 3 heterocycles. The Morgan fingerprint density at radius 2 is 2.08 bits per heavy atom. The van der Waals surface area contributed by atoms with Crippen molar-refractivity contribution in [1.29, 1.82) is 0 Å². The highest BCUT2D eigenvalue weighted by Gasteiger charge is 2.24. The lowest BCUT2D eigenvalue weighted by Crippen LogP contribution is -2.32. The smallest absolute Gasteiger partial charge is 0.0702 e. The number of pyridine rings is 1. The minimum atomic E-state index is 0.421. The molecule has 2 aromatic heterocycles. The highest BCUT2D eigenvalue weighted by molar-refractivity contribution is 6.30. The number of halogens is 1. The topological polar surface area (TPSA) is 34.0 Å². The quantitative estimate of drug-likeness (QED) is 0.661. The number of nitrogens with zero attached hydrogens (tertiary/aromatic N) is 4. The van der Waals surface area contributed by atoms with Crippen molar-refractivity contribution in [3.8, 4) is 11.3 Å². The first-order valence-electron chi connectivity index (χ1n) is 9.12. The van der Waals surface area contributed by atoms with Crippen molar-refractivity contribution < 1.29 is 0 Å². The second-order valence-electron chi connectivity index (χ2n) is 6.99. The summed E-state index contributed by atoms with van der Waals surface area (Å²) in [5.41, 5.74) is 4.58. The molecule has 134 valence electrons. The second-order valence-corrected chi connectivity index (χ2v) is 7.43. The normalized spacial score (nSPS) is 18.2. The fourth-order valence-electron chi connectivity index (χ4n) is 3.77. The van der Waals surface area contributed by atoms with Gasteiger partial charge in [0.1, 0.15) is 0 Å². The van der Waals surface area contributed by atoms with Crippen molar-refractivity contribution in [2.75, 3.05) is 6.54 Å². The van der Waals surface area contributed by atoms with Crippen LogP contribution in [0.3, 0.4) is 0 Å². The van der Waals surface area contributed by atoms with Crippen LogP contribution in [0, 0.1) is 0 Å². The molecule has 1 atom stereocenters. The van der Waals surface area contributed by atoms with Crippen LogP contribution in [0.1, 0.15) is 36.4 Å². The van der Waals surface area contributed by atoms with Crippen LogP contribution >= 0.6 is 11.6 Å². The number of piperidine rings is 1. The summed E-state index contributed by atoms with van der Waals surface area (Å²) < 4.78 is 1.87. The van der Waals surface area contributed by atoms with Gasteiger partial charge in [-0.15, -0.1) is 0 Å². The number of likely N-dealkylation sites (tertiary alicyclic amines) is 1. The van der Waals surface area contributed by atoms with E-state index >= 15 is 0 Å². The first-order valence-corrected chi connectivity index (χ1v) is 9.50. The van der Waals surface area contributed by atoms with Gasteiger partial charge in [0.2, 0.25) is 0 Å². The zero-order valence-electron chi connectivity index (χ0n) is 15.0. The predicted octanol–water partition coefficient (Wildman–Crippen LogP) is 4.86. The minimum absolute atomic E-state index is 0.421. The summed E-state index contributed by atoms with van der Waals surface area (Å²) >= 11 is 6.10. The van der Waals surface area contributed by atoms with Crippen molar-refractivity contribution in [2.45, 2.75) is 31.8 Å². The van der Waals surface area contributed by atoms with E-state index in [2.05, 4.69) is 28.3 Å². The number of aromatic nitrogens is 3. The van der Waals surface area contributed by atoms with Crippen LogP contribution in [0.15, 0.2) is 55.0 Å². The van der Waals surface area contributed by atoms with Crippen molar-refractivity contribution in [1.82, 2.24) is 19.7 Å². The van der Waals surface area contributed by atoms with E-state index in [-0.39, 0.29) is 0 Å². The van der Waals surface area contributed by atoms with E-state index in [1.807, 2.05) is 48.4 Å². The highest BCUT2D eigenvalue weighted by Crippen LogP contribution is 2.32. The van der Waals surface area contributed by atoms with Crippen molar-refractivity contribution in [3.63, 3.8) is 0 Å². The molecule has 1 aromatic carbocycles. The third kappa shape index (κ3) is 3.81. The molecule has 4 nitrogen and oxygen atoms in total. The summed E-state index contributed by atoms with van der Waals surface area (Å²) in [5.74, 6) is 0. The van der Waals surface area contributed by atoms with Crippen LogP contribution in [0.5, 0.6) is 0 Å². The maximum Gasteiger partial charge on any atom is 0.0702 e. The molecule has 0 amide bonds. The van der Waals surface area contributed by atoms with Gasteiger partial charge in [-0.3, -0.25) is 14.6 Å². The Morgan fingerprint density at radius 1 is 1.15 bits per heavy atom. The number of hydrogen-bond donors (Lipinski definition) is 0. The largest absolute Gasteiger partial charge is 0.292 e. The van der Waals surface area contributed by atoms with E-state index in [1.54, 1.807) is 0 Å². The molecule has 1 aliphatic rings. The number of aryl methyl sites for hydroxylation is 1. The summed E-state index contributed by atoms with van der Waals surface area (Å²) in [7, 11) is 1.97. The number of rotatable bonds is 4. The van der Waals surface area contributed by atoms with Gasteiger partial charge < -0.3 is 0 Å². The van der Waals surface area contributed by atoms with Crippen molar-refractivity contribution in [2.24, 2.45) is 7.05 Å². The minimum Gasteiger partial charge on any atom is -0.292 e. The van der Waals surface area contributed by atoms with E-state index in [0.29, 0.717) is 6.04 Å². The summed E-state index contributed by atoms with van der Waals surface area (Å²) in [6, 6.07) is 12.6. The Labute approximate surface area is 159 Å². The molecular weight excluding hydrogens is 344 g/mol. The van der Waals surface area contributed by atoms with Crippen LogP contribution in [0.2, 0.25) is 5.02 Å². The molecule has 0 aliphatic carbocycles. The Bertz CT molecular complexity index is 872. The monoisotopic (exact) mass is 366 g/mol. The molecule has 1 saturated heterocycles. The lowest BCUT2D eigenvalue weighted by atomic mass is 9.95. The van der Waals surface area contributed by atoms with Crippen LogP contribution in [-0.4, -0.2) is 26.2 Å². The zero-order chi connectivity index (χ0) is 17.9. The van der Waals surface area contributed by atoms with E-state index < -0.39 is 0 Å². The molecule has 0 unspecified atom stereocenters. The van der Waals surface area contributed by atoms with Crippen LogP contribution in [0.4, 0.5) is 0 Å². The summed E-state index contributed by atoms with van der Waals surface area (Å²) in [6.45, 7) is 2.06. The lowest BCUT2D eigenvalue weighted by molar-refractivity contribution is 0.140. The molecule has 1 aliphatic heterocycles. The fourth-order valence-corrected chi connectivity index (χ4v) is 3.96. The SMILES string of the molecule is Cn1cc(CN2CCCC[C@@H]2c2ccc(-c3cccc(Cl)c3)nc2)cn1. The van der Waals surface area contributed by atoms with Gasteiger partial charge in [0, 0.05) is 48.2 Å². The Balaban J connectivity index is 1.54. The van der Waals surface area contributed by atoms with E-state index in [0.717, 1.165) is 29.4 Å². The molecule has 1 fully saturated rings. The van der Waals surface area contributed by atoms with Gasteiger partial charge in [0.25, 0.3) is 0 Å². The molecule has 3 aromatic rings. The summed E-state index contributed by atoms with van der Waals surface area (Å²) in [6.07, 6.45) is 9.80. The van der Waals surface area contributed by atoms with E-state index in [1.165, 1.54) is 30.4 Å². The molecule has 4 rings (SSSR count). The average Bonchev–Trinajstić information content (AvgIpc) is 3.07. The van der Waals surface area contributed by atoms with Crippen LogP contribution in [0.25, 0.3) is 11.3 Å².